The number of hydrogen-bond donors (Lipinski definition) is 2. The Hall–Kier alpha value is -1.60. The first-order valence-corrected chi connectivity index (χ1v) is 7.21. The van der Waals surface area contributed by atoms with Gasteiger partial charge in [0.2, 0.25) is 5.91 Å². The van der Waals surface area contributed by atoms with Crippen molar-refractivity contribution in [2.24, 2.45) is 0 Å². The fourth-order valence-corrected chi connectivity index (χ4v) is 2.23. The van der Waals surface area contributed by atoms with Crippen molar-refractivity contribution in [1.82, 2.24) is 15.1 Å². The Morgan fingerprint density at radius 2 is 2.27 bits per heavy atom. The van der Waals surface area contributed by atoms with E-state index in [2.05, 4.69) is 15.7 Å². The van der Waals surface area contributed by atoms with Crippen LogP contribution in [0.3, 0.4) is 0 Å². The number of ether oxygens (including phenoxy) is 1. The highest BCUT2D eigenvalue weighted by atomic mass is 35.5. The summed E-state index contributed by atoms with van der Waals surface area (Å²) in [7, 11) is 0. The van der Waals surface area contributed by atoms with Gasteiger partial charge in [-0.15, -0.1) is 12.4 Å². The molecule has 1 aromatic rings. The summed E-state index contributed by atoms with van der Waals surface area (Å²) >= 11 is 0. The zero-order valence-corrected chi connectivity index (χ0v) is 13.9. The van der Waals surface area contributed by atoms with Crippen LogP contribution in [0.5, 0.6) is 0 Å². The van der Waals surface area contributed by atoms with Crippen molar-refractivity contribution in [3.8, 4) is 0 Å². The number of esters is 1. The summed E-state index contributed by atoms with van der Waals surface area (Å²) < 4.78 is 6.54. The summed E-state index contributed by atoms with van der Waals surface area (Å²) in [5.41, 5.74) is -0.337. The molecule has 0 saturated carbocycles. The number of nitrogens with one attached hydrogen (secondary N) is 2. The highest BCUT2D eigenvalue weighted by Gasteiger charge is 2.32. The van der Waals surface area contributed by atoms with E-state index in [1.807, 2.05) is 0 Å². The van der Waals surface area contributed by atoms with Crippen LogP contribution >= 0.6 is 12.4 Å². The quantitative estimate of drug-likeness (QED) is 0.795. The van der Waals surface area contributed by atoms with Crippen molar-refractivity contribution in [2.75, 3.05) is 18.5 Å². The SMILES string of the molecule is CCOC(=O)C(C)(C)n1cc(NC(=O)C2CCCN2)cn1.Cl. The largest absolute Gasteiger partial charge is 0.464 e. The van der Waals surface area contributed by atoms with Gasteiger partial charge in [-0.1, -0.05) is 0 Å². The molecule has 22 heavy (non-hydrogen) atoms. The number of amides is 1. The van der Waals surface area contributed by atoms with E-state index >= 15 is 0 Å². The summed E-state index contributed by atoms with van der Waals surface area (Å²) in [6.45, 7) is 6.40. The first kappa shape index (κ1) is 18.4. The van der Waals surface area contributed by atoms with Crippen LogP contribution in [0.25, 0.3) is 0 Å². The van der Waals surface area contributed by atoms with Crippen LogP contribution in [0.2, 0.25) is 0 Å². The van der Waals surface area contributed by atoms with Crippen LogP contribution in [0.1, 0.15) is 33.6 Å². The van der Waals surface area contributed by atoms with Crippen LogP contribution in [-0.4, -0.2) is 40.9 Å². The molecule has 2 N–H and O–H groups in total. The molecule has 2 heterocycles. The number of carbonyl (C=O) groups excluding carboxylic acids is 2. The second kappa shape index (κ2) is 7.60. The van der Waals surface area contributed by atoms with Gasteiger partial charge in [0.05, 0.1) is 24.5 Å². The molecule has 7 nitrogen and oxygen atoms in total. The predicted octanol–water partition coefficient (Wildman–Crippen LogP) is 1.29. The van der Waals surface area contributed by atoms with Gasteiger partial charge < -0.3 is 15.4 Å². The Morgan fingerprint density at radius 1 is 1.55 bits per heavy atom. The van der Waals surface area contributed by atoms with Gasteiger partial charge in [-0.25, -0.2) is 4.79 Å². The molecule has 1 aromatic heterocycles. The van der Waals surface area contributed by atoms with Gasteiger partial charge in [0.1, 0.15) is 0 Å². The molecule has 0 bridgehead atoms. The van der Waals surface area contributed by atoms with Crippen LogP contribution in [-0.2, 0) is 19.9 Å². The minimum atomic E-state index is -0.912. The highest BCUT2D eigenvalue weighted by Crippen LogP contribution is 2.19. The lowest BCUT2D eigenvalue weighted by atomic mass is 10.1. The van der Waals surface area contributed by atoms with E-state index in [0.29, 0.717) is 12.3 Å². The third-order valence-electron chi connectivity index (χ3n) is 3.57. The van der Waals surface area contributed by atoms with Crippen molar-refractivity contribution in [3.63, 3.8) is 0 Å². The van der Waals surface area contributed by atoms with Crippen molar-refractivity contribution >= 4 is 30.0 Å². The van der Waals surface area contributed by atoms with Gasteiger partial charge in [-0.3, -0.25) is 9.48 Å². The molecule has 1 aliphatic rings. The topological polar surface area (TPSA) is 85.2 Å². The number of anilines is 1. The number of rotatable bonds is 5. The van der Waals surface area contributed by atoms with Crippen molar-refractivity contribution in [3.05, 3.63) is 12.4 Å². The van der Waals surface area contributed by atoms with Gasteiger partial charge in [-0.2, -0.15) is 5.10 Å². The fourth-order valence-electron chi connectivity index (χ4n) is 2.23. The van der Waals surface area contributed by atoms with Crippen LogP contribution in [0.15, 0.2) is 12.4 Å². The molecular weight excluding hydrogens is 308 g/mol. The fraction of sp³-hybridized carbons (Fsp3) is 0.643. The van der Waals surface area contributed by atoms with Gasteiger partial charge in [0.25, 0.3) is 0 Å². The van der Waals surface area contributed by atoms with Gasteiger partial charge >= 0.3 is 5.97 Å². The maximum absolute atomic E-state index is 12.0. The Balaban J connectivity index is 0.00000242. The molecule has 1 unspecified atom stereocenters. The Kier molecular flexibility index (Phi) is 6.37. The lowest BCUT2D eigenvalue weighted by molar-refractivity contribution is -0.152. The average molecular weight is 331 g/mol. The molecule has 8 heteroatoms. The molecule has 0 aromatic carbocycles. The van der Waals surface area contributed by atoms with Crippen LogP contribution in [0.4, 0.5) is 5.69 Å². The minimum Gasteiger partial charge on any atom is -0.464 e. The lowest BCUT2D eigenvalue weighted by Gasteiger charge is -2.22. The van der Waals surface area contributed by atoms with E-state index in [4.69, 9.17) is 4.74 Å². The summed E-state index contributed by atoms with van der Waals surface area (Å²) in [6.07, 6.45) is 5.03. The predicted molar refractivity (Wildman–Crippen MR) is 85.1 cm³/mol. The van der Waals surface area contributed by atoms with Crippen molar-refractivity contribution in [1.29, 1.82) is 0 Å². The van der Waals surface area contributed by atoms with E-state index in [1.165, 1.54) is 10.9 Å². The normalized spacial score (nSPS) is 17.7. The first-order valence-electron chi connectivity index (χ1n) is 7.21. The van der Waals surface area contributed by atoms with Crippen LogP contribution < -0.4 is 10.6 Å². The molecule has 1 aliphatic heterocycles. The number of halogens is 1. The molecule has 0 aliphatic carbocycles. The number of hydrogen-bond acceptors (Lipinski definition) is 5. The van der Waals surface area contributed by atoms with Gasteiger partial charge in [0, 0.05) is 6.20 Å². The summed E-state index contributed by atoms with van der Waals surface area (Å²) in [5, 5.41) is 10.1. The molecule has 0 radical (unpaired) electrons. The molecule has 124 valence electrons. The van der Waals surface area contributed by atoms with E-state index < -0.39 is 5.54 Å². The Bertz CT molecular complexity index is 524. The molecule has 1 fully saturated rings. The second-order valence-electron chi connectivity index (χ2n) is 5.59. The second-order valence-corrected chi connectivity index (χ2v) is 5.59. The minimum absolute atomic E-state index is 0. The van der Waals surface area contributed by atoms with Crippen LogP contribution in [0, 0.1) is 0 Å². The molecular formula is C14H23ClN4O3. The summed E-state index contributed by atoms with van der Waals surface area (Å²) in [6, 6.07) is -0.147. The molecule has 1 atom stereocenters. The molecule has 1 amide bonds. The molecule has 0 spiro atoms. The zero-order valence-electron chi connectivity index (χ0n) is 13.1. The molecule has 1 saturated heterocycles. The summed E-state index contributed by atoms with van der Waals surface area (Å²) in [4.78, 5) is 23.9. The Labute approximate surface area is 136 Å². The summed E-state index contributed by atoms with van der Waals surface area (Å²) in [5.74, 6) is -0.426. The van der Waals surface area contributed by atoms with Gasteiger partial charge in [-0.05, 0) is 40.2 Å². The van der Waals surface area contributed by atoms with E-state index in [1.54, 1.807) is 27.0 Å². The molecule has 2 rings (SSSR count). The first-order chi connectivity index (χ1) is 9.95. The maximum Gasteiger partial charge on any atom is 0.333 e. The zero-order chi connectivity index (χ0) is 15.5. The number of nitrogens with zero attached hydrogens (tertiary/aromatic N) is 2. The standard InChI is InChI=1S/C14H22N4O3.ClH/c1-4-21-13(20)14(2,3)18-9-10(8-16-18)17-12(19)11-6-5-7-15-11;/h8-9,11,15H,4-7H2,1-3H3,(H,17,19);1H. The smallest absolute Gasteiger partial charge is 0.333 e. The van der Waals surface area contributed by atoms with E-state index in [-0.39, 0.29) is 30.3 Å². The maximum atomic E-state index is 12.0. The monoisotopic (exact) mass is 330 g/mol. The average Bonchev–Trinajstić information content (AvgIpc) is 3.10. The highest BCUT2D eigenvalue weighted by molar-refractivity contribution is 5.94. The third kappa shape index (κ3) is 3.98. The number of carbonyl (C=O) groups is 2. The van der Waals surface area contributed by atoms with Gasteiger partial charge in [0.15, 0.2) is 5.54 Å². The van der Waals surface area contributed by atoms with Crippen molar-refractivity contribution < 1.29 is 14.3 Å². The lowest BCUT2D eigenvalue weighted by Crippen LogP contribution is -2.38. The van der Waals surface area contributed by atoms with E-state index in [0.717, 1.165) is 19.4 Å². The Morgan fingerprint density at radius 3 is 2.86 bits per heavy atom. The van der Waals surface area contributed by atoms with Crippen molar-refractivity contribution in [2.45, 2.75) is 45.2 Å². The van der Waals surface area contributed by atoms with E-state index in [9.17, 15) is 9.59 Å². The number of aromatic nitrogens is 2. The third-order valence-corrected chi connectivity index (χ3v) is 3.57.